The Balaban J connectivity index is 2.27. The van der Waals surface area contributed by atoms with Gasteiger partial charge in [0, 0.05) is 5.75 Å². The molecule has 0 bridgehead atoms. The van der Waals surface area contributed by atoms with Gasteiger partial charge in [0.05, 0.1) is 0 Å². The van der Waals surface area contributed by atoms with Crippen molar-refractivity contribution in [1.82, 2.24) is 9.36 Å². The van der Waals surface area contributed by atoms with Crippen molar-refractivity contribution in [2.24, 2.45) is 0 Å². The summed E-state index contributed by atoms with van der Waals surface area (Å²) in [7, 11) is 0. The molecule has 0 saturated heterocycles. The molecule has 0 aliphatic carbocycles. The van der Waals surface area contributed by atoms with Crippen molar-refractivity contribution in [3.05, 3.63) is 5.82 Å². The summed E-state index contributed by atoms with van der Waals surface area (Å²) in [4.78, 5) is 4.23. The van der Waals surface area contributed by atoms with Crippen LogP contribution in [0.2, 0.25) is 0 Å². The van der Waals surface area contributed by atoms with Gasteiger partial charge in [0.2, 0.25) is 0 Å². The molecule has 0 saturated carbocycles. The van der Waals surface area contributed by atoms with Gasteiger partial charge in [-0.1, -0.05) is 11.8 Å². The van der Waals surface area contributed by atoms with E-state index in [9.17, 15) is 0 Å². The number of hydrogen-bond acceptors (Lipinski definition) is 5. The Kier molecular flexibility index (Phi) is 4.25. The van der Waals surface area contributed by atoms with Crippen molar-refractivity contribution in [3.63, 3.8) is 0 Å². The minimum atomic E-state index is 0.878. The fraction of sp³-hybridized carbons (Fsp3) is 0.667. The summed E-state index contributed by atoms with van der Waals surface area (Å²) in [6, 6.07) is 0. The van der Waals surface area contributed by atoms with E-state index in [4.69, 9.17) is 0 Å². The molecule has 0 radical (unpaired) electrons. The molecule has 0 aliphatic rings. The summed E-state index contributed by atoms with van der Waals surface area (Å²) in [6.07, 6.45) is 1.13. The van der Waals surface area contributed by atoms with Crippen LogP contribution in [-0.2, 0) is 0 Å². The van der Waals surface area contributed by atoms with Crippen LogP contribution in [-0.4, -0.2) is 20.9 Å². The van der Waals surface area contributed by atoms with Crippen molar-refractivity contribution in [2.45, 2.75) is 17.7 Å². The van der Waals surface area contributed by atoms with Crippen LogP contribution in [0.4, 0.5) is 0 Å². The molecular weight excluding hydrogens is 196 g/mol. The maximum Gasteiger partial charge on any atom is 0.170 e. The molecule has 62 valence electrons. The molecule has 0 aromatic carbocycles. The number of aryl methyl sites for hydroxylation is 1. The van der Waals surface area contributed by atoms with Gasteiger partial charge < -0.3 is 0 Å². The Morgan fingerprint density at radius 1 is 1.64 bits per heavy atom. The van der Waals surface area contributed by atoms with E-state index in [-0.39, 0.29) is 0 Å². The highest BCUT2D eigenvalue weighted by Gasteiger charge is 1.98. The van der Waals surface area contributed by atoms with Gasteiger partial charge in [-0.3, -0.25) is 0 Å². The summed E-state index contributed by atoms with van der Waals surface area (Å²) in [5.41, 5.74) is 0. The van der Waals surface area contributed by atoms with E-state index in [0.717, 1.165) is 28.1 Å². The quantitative estimate of drug-likeness (QED) is 0.465. The smallest absolute Gasteiger partial charge is 0.170 e. The van der Waals surface area contributed by atoms with Crippen LogP contribution in [0.5, 0.6) is 0 Å². The molecule has 0 amide bonds. The zero-order chi connectivity index (χ0) is 8.10. The monoisotopic (exact) mass is 206 g/mol. The second kappa shape index (κ2) is 5.00. The third-order valence-electron chi connectivity index (χ3n) is 1.04. The topological polar surface area (TPSA) is 25.8 Å². The van der Waals surface area contributed by atoms with Crippen LogP contribution in [0.25, 0.3) is 0 Å². The second-order valence-corrected chi connectivity index (χ2v) is 4.57. The molecule has 0 aliphatic heterocycles. The van der Waals surface area contributed by atoms with E-state index in [2.05, 4.69) is 22.0 Å². The normalized spacial score (nSPS) is 10.4. The third kappa shape index (κ3) is 3.44. The van der Waals surface area contributed by atoms with Crippen LogP contribution in [0, 0.1) is 6.92 Å². The van der Waals surface area contributed by atoms with Gasteiger partial charge in [-0.05, 0) is 30.6 Å². The Morgan fingerprint density at radius 3 is 3.00 bits per heavy atom. The van der Waals surface area contributed by atoms with E-state index in [1.165, 1.54) is 11.5 Å². The first-order valence-electron chi connectivity index (χ1n) is 3.37. The Morgan fingerprint density at radius 2 is 2.45 bits per heavy atom. The average Bonchev–Trinajstić information content (AvgIpc) is 2.37. The van der Waals surface area contributed by atoms with Crippen molar-refractivity contribution in [3.8, 4) is 0 Å². The first-order chi connectivity index (χ1) is 5.33. The molecule has 11 heavy (non-hydrogen) atoms. The molecule has 0 spiro atoms. The number of aromatic nitrogens is 2. The molecule has 1 aromatic heterocycles. The number of hydrogen-bond donors (Lipinski definition) is 1. The van der Waals surface area contributed by atoms with Gasteiger partial charge in [-0.2, -0.15) is 17.0 Å². The SMILES string of the molecule is Cc1nsc(SCCCS)n1. The van der Waals surface area contributed by atoms with Gasteiger partial charge in [0.25, 0.3) is 0 Å². The predicted octanol–water partition coefficient (Wildman–Crippen LogP) is 2.26. The lowest BCUT2D eigenvalue weighted by Gasteiger charge is -1.91. The molecule has 0 atom stereocenters. The summed E-state index contributed by atoms with van der Waals surface area (Å²) in [5.74, 6) is 2.92. The zero-order valence-electron chi connectivity index (χ0n) is 6.28. The highest BCUT2D eigenvalue weighted by Crippen LogP contribution is 2.20. The lowest BCUT2D eigenvalue weighted by atomic mass is 10.6. The van der Waals surface area contributed by atoms with Crippen LogP contribution in [0.1, 0.15) is 12.2 Å². The maximum absolute atomic E-state index is 4.23. The minimum Gasteiger partial charge on any atom is -0.213 e. The summed E-state index contributed by atoms with van der Waals surface area (Å²) in [6.45, 7) is 1.92. The Labute approximate surface area is 80.4 Å². The lowest BCUT2D eigenvalue weighted by Crippen LogP contribution is -1.80. The van der Waals surface area contributed by atoms with Crippen LogP contribution < -0.4 is 0 Å². The Bertz CT molecular complexity index is 211. The van der Waals surface area contributed by atoms with Crippen molar-refractivity contribution >= 4 is 35.9 Å². The molecule has 2 nitrogen and oxygen atoms in total. The fourth-order valence-corrected chi connectivity index (χ4v) is 2.59. The van der Waals surface area contributed by atoms with Gasteiger partial charge in [-0.25, -0.2) is 4.98 Å². The van der Waals surface area contributed by atoms with Gasteiger partial charge in [0.1, 0.15) is 5.82 Å². The molecule has 0 unspecified atom stereocenters. The van der Waals surface area contributed by atoms with Crippen LogP contribution in [0.15, 0.2) is 4.34 Å². The van der Waals surface area contributed by atoms with Crippen molar-refractivity contribution in [1.29, 1.82) is 0 Å². The number of thioether (sulfide) groups is 1. The fourth-order valence-electron chi connectivity index (χ4n) is 0.561. The van der Waals surface area contributed by atoms with E-state index >= 15 is 0 Å². The van der Waals surface area contributed by atoms with Crippen LogP contribution >= 0.6 is 35.9 Å². The third-order valence-corrected chi connectivity index (χ3v) is 3.36. The first-order valence-corrected chi connectivity index (χ1v) is 5.76. The van der Waals surface area contributed by atoms with E-state index in [1.807, 2.05) is 6.92 Å². The zero-order valence-corrected chi connectivity index (χ0v) is 8.81. The van der Waals surface area contributed by atoms with Gasteiger partial charge in [-0.15, -0.1) is 0 Å². The number of nitrogens with zero attached hydrogens (tertiary/aromatic N) is 2. The van der Waals surface area contributed by atoms with Crippen molar-refractivity contribution in [2.75, 3.05) is 11.5 Å². The largest absolute Gasteiger partial charge is 0.213 e. The molecule has 5 heteroatoms. The first kappa shape index (κ1) is 9.35. The molecule has 1 rings (SSSR count). The molecular formula is C6H10N2S3. The number of rotatable bonds is 4. The van der Waals surface area contributed by atoms with Crippen LogP contribution in [0.3, 0.4) is 0 Å². The highest BCUT2D eigenvalue weighted by molar-refractivity contribution is 8.00. The summed E-state index contributed by atoms with van der Waals surface area (Å²) >= 11 is 7.37. The molecule has 1 heterocycles. The van der Waals surface area contributed by atoms with Gasteiger partial charge >= 0.3 is 0 Å². The average molecular weight is 206 g/mol. The van der Waals surface area contributed by atoms with E-state index < -0.39 is 0 Å². The summed E-state index contributed by atoms with van der Waals surface area (Å²) < 4.78 is 5.16. The second-order valence-electron chi connectivity index (χ2n) is 2.03. The van der Waals surface area contributed by atoms with Crippen molar-refractivity contribution < 1.29 is 0 Å². The standard InChI is InChI=1S/C6H10N2S3/c1-5-7-6(11-8-5)10-4-2-3-9/h9H,2-4H2,1H3. The number of thiol groups is 1. The maximum atomic E-state index is 4.23. The predicted molar refractivity (Wildman–Crippen MR) is 53.8 cm³/mol. The Hall–Kier alpha value is 0.260. The summed E-state index contributed by atoms with van der Waals surface area (Å²) in [5, 5.41) is 0. The molecule has 0 fully saturated rings. The highest BCUT2D eigenvalue weighted by atomic mass is 32.2. The van der Waals surface area contributed by atoms with Gasteiger partial charge in [0.15, 0.2) is 4.34 Å². The molecule has 0 N–H and O–H groups in total. The lowest BCUT2D eigenvalue weighted by molar-refractivity contribution is 1.09. The minimum absolute atomic E-state index is 0.878. The van der Waals surface area contributed by atoms with E-state index in [1.54, 1.807) is 11.8 Å². The molecule has 1 aromatic rings. The van der Waals surface area contributed by atoms with E-state index in [0.29, 0.717) is 0 Å².